The van der Waals surface area contributed by atoms with Crippen molar-refractivity contribution >= 4 is 5.78 Å². The van der Waals surface area contributed by atoms with E-state index in [1.54, 1.807) is 0 Å². The molecule has 1 saturated carbocycles. The Morgan fingerprint density at radius 1 is 1.06 bits per heavy atom. The first-order valence-corrected chi connectivity index (χ1v) is 11.3. The summed E-state index contributed by atoms with van der Waals surface area (Å²) >= 11 is 0. The third-order valence-electron chi connectivity index (χ3n) is 6.11. The van der Waals surface area contributed by atoms with E-state index in [2.05, 4.69) is 43.4 Å². The van der Waals surface area contributed by atoms with Crippen molar-refractivity contribution in [2.24, 2.45) is 5.92 Å². The molecule has 0 aliphatic heterocycles. The minimum absolute atomic E-state index is 0.0506. The van der Waals surface area contributed by atoms with Crippen LogP contribution in [0.15, 0.2) is 42.5 Å². The Kier molecular flexibility index (Phi) is 7.95. The van der Waals surface area contributed by atoms with E-state index in [1.807, 2.05) is 0 Å². The Balaban J connectivity index is 1.69. The lowest BCUT2D eigenvalue weighted by molar-refractivity contribution is 0.0848. The highest BCUT2D eigenvalue weighted by Gasteiger charge is 2.34. The maximum Gasteiger partial charge on any atom is 0.165 e. The summed E-state index contributed by atoms with van der Waals surface area (Å²) in [6.07, 6.45) is 5.28. The third kappa shape index (κ3) is 6.44. The second-order valence-electron chi connectivity index (χ2n) is 9.26. The van der Waals surface area contributed by atoms with Gasteiger partial charge in [-0.1, -0.05) is 57.4 Å². The minimum atomic E-state index is -0.934. The lowest BCUT2D eigenvalue weighted by Gasteiger charge is -2.40. The quantitative estimate of drug-likeness (QED) is 0.514. The number of rotatable bonds is 9. The lowest BCUT2D eigenvalue weighted by Crippen LogP contribution is -2.47. The van der Waals surface area contributed by atoms with E-state index in [-0.39, 0.29) is 24.1 Å². The van der Waals surface area contributed by atoms with E-state index in [0.29, 0.717) is 5.92 Å². The average Bonchev–Trinajstić information content (AvgIpc) is 2.72. The highest BCUT2D eigenvalue weighted by molar-refractivity contribution is 5.96. The van der Waals surface area contributed by atoms with Gasteiger partial charge in [0.25, 0.3) is 0 Å². The molecule has 0 amide bonds. The molecule has 2 aromatic rings. The van der Waals surface area contributed by atoms with Gasteiger partial charge in [0.05, 0.1) is 6.10 Å². The van der Waals surface area contributed by atoms with Crippen molar-refractivity contribution in [3.8, 4) is 0 Å². The molecule has 0 spiro atoms. The highest BCUT2D eigenvalue weighted by Crippen LogP contribution is 2.37. The summed E-state index contributed by atoms with van der Waals surface area (Å²) in [5, 5.41) is 14.1. The first-order chi connectivity index (χ1) is 14.8. The van der Waals surface area contributed by atoms with Crippen LogP contribution in [0.3, 0.4) is 0 Å². The molecule has 5 heteroatoms. The SMILES string of the molecule is CC(C)Cc1cccc(C2(NCC(O)CC(=O)c3cc(F)cc(F)c3)CCCCC2)c1. The molecule has 3 rings (SSSR count). The first kappa shape index (κ1) is 23.6. The average molecular weight is 430 g/mol. The number of carbonyl (C=O) groups is 1. The smallest absolute Gasteiger partial charge is 0.165 e. The van der Waals surface area contributed by atoms with Crippen molar-refractivity contribution in [2.45, 2.75) is 70.4 Å². The summed E-state index contributed by atoms with van der Waals surface area (Å²) in [5.41, 5.74) is 2.27. The maximum atomic E-state index is 13.4. The van der Waals surface area contributed by atoms with E-state index in [4.69, 9.17) is 0 Å². The number of benzene rings is 2. The summed E-state index contributed by atoms with van der Waals surface area (Å²) in [4.78, 5) is 12.4. The van der Waals surface area contributed by atoms with Crippen molar-refractivity contribution in [3.63, 3.8) is 0 Å². The normalized spacial score (nSPS) is 17.0. The molecule has 31 heavy (non-hydrogen) atoms. The fraction of sp³-hybridized carbons (Fsp3) is 0.500. The van der Waals surface area contributed by atoms with E-state index in [0.717, 1.165) is 50.3 Å². The Morgan fingerprint density at radius 2 is 1.74 bits per heavy atom. The molecule has 1 atom stereocenters. The van der Waals surface area contributed by atoms with Gasteiger partial charge < -0.3 is 10.4 Å². The number of hydrogen-bond donors (Lipinski definition) is 2. The van der Waals surface area contributed by atoms with Crippen LogP contribution in [-0.2, 0) is 12.0 Å². The largest absolute Gasteiger partial charge is 0.391 e. The Hall–Kier alpha value is -2.11. The van der Waals surface area contributed by atoms with Crippen LogP contribution >= 0.6 is 0 Å². The predicted molar refractivity (Wildman–Crippen MR) is 119 cm³/mol. The van der Waals surface area contributed by atoms with E-state index >= 15 is 0 Å². The molecule has 168 valence electrons. The number of ketones is 1. The summed E-state index contributed by atoms with van der Waals surface area (Å²) < 4.78 is 26.8. The third-order valence-corrected chi connectivity index (χ3v) is 6.11. The van der Waals surface area contributed by atoms with Crippen molar-refractivity contribution in [2.75, 3.05) is 6.54 Å². The van der Waals surface area contributed by atoms with Gasteiger partial charge in [0.2, 0.25) is 0 Å². The Labute approximate surface area is 183 Å². The first-order valence-electron chi connectivity index (χ1n) is 11.3. The number of aliphatic hydroxyl groups excluding tert-OH is 1. The van der Waals surface area contributed by atoms with Gasteiger partial charge in [0.1, 0.15) is 11.6 Å². The summed E-state index contributed by atoms with van der Waals surface area (Å²) in [6.45, 7) is 4.66. The van der Waals surface area contributed by atoms with Gasteiger partial charge in [-0.2, -0.15) is 0 Å². The van der Waals surface area contributed by atoms with Crippen LogP contribution in [0.1, 0.15) is 73.9 Å². The molecule has 0 heterocycles. The zero-order valence-electron chi connectivity index (χ0n) is 18.5. The fourth-order valence-corrected chi connectivity index (χ4v) is 4.62. The fourth-order valence-electron chi connectivity index (χ4n) is 4.62. The standard InChI is InChI=1S/C26H33F2NO2/c1-18(2)11-19-7-6-8-21(12-19)26(9-4-3-5-10-26)29-17-24(30)16-25(31)20-13-22(27)15-23(28)14-20/h6-8,12-15,18,24,29-30H,3-5,9-11,16-17H2,1-2H3. The molecule has 2 aromatic carbocycles. The second kappa shape index (κ2) is 10.5. The number of Topliss-reactive ketones (excluding diaryl/α,β-unsaturated/α-hetero) is 1. The van der Waals surface area contributed by atoms with E-state index in [1.165, 1.54) is 17.5 Å². The number of hydrogen-bond acceptors (Lipinski definition) is 3. The summed E-state index contributed by atoms with van der Waals surface area (Å²) in [7, 11) is 0. The van der Waals surface area contributed by atoms with Crippen LogP contribution in [0.25, 0.3) is 0 Å². The van der Waals surface area contributed by atoms with Gasteiger partial charge in [-0.15, -0.1) is 0 Å². The number of nitrogens with one attached hydrogen (secondary N) is 1. The molecule has 2 N–H and O–H groups in total. The van der Waals surface area contributed by atoms with Gasteiger partial charge in [-0.05, 0) is 48.4 Å². The monoisotopic (exact) mass is 429 g/mol. The molecule has 0 aromatic heterocycles. The molecule has 1 fully saturated rings. The van der Waals surface area contributed by atoms with Crippen LogP contribution in [-0.4, -0.2) is 23.5 Å². The summed E-state index contributed by atoms with van der Waals surface area (Å²) in [6, 6.07) is 11.4. The van der Waals surface area contributed by atoms with Crippen LogP contribution < -0.4 is 5.32 Å². The molecular formula is C26H33F2NO2. The molecule has 0 saturated heterocycles. The van der Waals surface area contributed by atoms with Crippen molar-refractivity contribution in [1.29, 1.82) is 0 Å². The minimum Gasteiger partial charge on any atom is -0.391 e. The van der Waals surface area contributed by atoms with Crippen molar-refractivity contribution in [1.82, 2.24) is 5.32 Å². The van der Waals surface area contributed by atoms with Crippen LogP contribution in [0.2, 0.25) is 0 Å². The van der Waals surface area contributed by atoms with Gasteiger partial charge in [0.15, 0.2) is 5.78 Å². The zero-order valence-corrected chi connectivity index (χ0v) is 18.5. The van der Waals surface area contributed by atoms with Crippen molar-refractivity contribution in [3.05, 3.63) is 70.8 Å². The highest BCUT2D eigenvalue weighted by atomic mass is 19.1. The topological polar surface area (TPSA) is 49.3 Å². The lowest BCUT2D eigenvalue weighted by atomic mass is 9.76. The molecule has 1 aliphatic rings. The molecule has 1 aliphatic carbocycles. The number of halogens is 2. The Morgan fingerprint density at radius 3 is 2.39 bits per heavy atom. The van der Waals surface area contributed by atoms with E-state index in [9.17, 15) is 18.7 Å². The van der Waals surface area contributed by atoms with Gasteiger partial charge in [-0.25, -0.2) is 8.78 Å². The number of carbonyl (C=O) groups excluding carboxylic acids is 1. The molecule has 1 unspecified atom stereocenters. The van der Waals surface area contributed by atoms with Crippen LogP contribution in [0, 0.1) is 17.6 Å². The van der Waals surface area contributed by atoms with Gasteiger partial charge in [0, 0.05) is 30.1 Å². The number of aliphatic hydroxyl groups is 1. The summed E-state index contributed by atoms with van der Waals surface area (Å²) in [5.74, 6) is -1.48. The Bertz CT molecular complexity index is 870. The van der Waals surface area contributed by atoms with Gasteiger partial charge in [-0.3, -0.25) is 4.79 Å². The van der Waals surface area contributed by atoms with Crippen LogP contribution in [0.4, 0.5) is 8.78 Å². The van der Waals surface area contributed by atoms with Crippen molar-refractivity contribution < 1.29 is 18.7 Å². The molecule has 0 bridgehead atoms. The molecule has 0 radical (unpaired) electrons. The molecular weight excluding hydrogens is 396 g/mol. The maximum absolute atomic E-state index is 13.4. The zero-order chi connectivity index (χ0) is 22.4. The van der Waals surface area contributed by atoms with Gasteiger partial charge >= 0.3 is 0 Å². The predicted octanol–water partition coefficient (Wildman–Crippen LogP) is 5.55. The van der Waals surface area contributed by atoms with Crippen LogP contribution in [0.5, 0.6) is 0 Å². The second-order valence-corrected chi connectivity index (χ2v) is 9.26. The van der Waals surface area contributed by atoms with E-state index < -0.39 is 23.5 Å². The molecule has 3 nitrogen and oxygen atoms in total.